The zero-order valence-electron chi connectivity index (χ0n) is 16.4. The van der Waals surface area contributed by atoms with Crippen LogP contribution in [-0.2, 0) is 11.2 Å². The smallest absolute Gasteiger partial charge is 0.328 e. The lowest BCUT2D eigenvalue weighted by molar-refractivity contribution is -0.384. The van der Waals surface area contributed by atoms with E-state index in [1.54, 1.807) is 17.0 Å². The Bertz CT molecular complexity index is 1200. The Morgan fingerprint density at radius 3 is 2.73 bits per heavy atom. The number of aromatic nitrogens is 1. The summed E-state index contributed by atoms with van der Waals surface area (Å²) in [5.74, 6) is -0.201. The number of nitro groups is 1. The molecule has 5 rings (SSSR count). The molecule has 0 unspecified atom stereocenters. The standard InChI is InChI=1S/C22H20N4O4/c1-2-10-24-21(27)18-12-16-15-8-3-4-9-17(15)23-19(16)20(25(18)22(24)28)13-6-5-7-14(11-13)26(29)30/h3-9,11,18,20,23H,2,10,12H2,1H3/t18-,20+/m0/s1. The normalized spacial score (nSPS) is 20.6. The molecule has 0 aliphatic carbocycles. The van der Waals surface area contributed by atoms with Gasteiger partial charge in [-0.25, -0.2) is 4.79 Å². The Hall–Kier alpha value is -3.68. The second kappa shape index (κ2) is 6.69. The van der Waals surface area contributed by atoms with Gasteiger partial charge in [0.1, 0.15) is 12.1 Å². The van der Waals surface area contributed by atoms with Gasteiger partial charge in [0.05, 0.1) is 4.92 Å². The van der Waals surface area contributed by atoms with E-state index in [1.165, 1.54) is 17.0 Å². The van der Waals surface area contributed by atoms with Gasteiger partial charge in [-0.3, -0.25) is 24.7 Å². The Labute approximate surface area is 172 Å². The van der Waals surface area contributed by atoms with Gasteiger partial charge < -0.3 is 4.98 Å². The maximum Gasteiger partial charge on any atom is 0.328 e. The third-order valence-electron chi connectivity index (χ3n) is 5.98. The van der Waals surface area contributed by atoms with Crippen LogP contribution in [0.25, 0.3) is 10.9 Å². The number of non-ortho nitro benzene ring substituents is 1. The summed E-state index contributed by atoms with van der Waals surface area (Å²) < 4.78 is 0. The number of nitro benzene ring substituents is 1. The van der Waals surface area contributed by atoms with Crippen LogP contribution in [0.3, 0.4) is 0 Å². The molecule has 3 amide bonds. The van der Waals surface area contributed by atoms with Crippen LogP contribution in [0.15, 0.2) is 48.5 Å². The van der Waals surface area contributed by atoms with Crippen molar-refractivity contribution in [2.75, 3.05) is 6.54 Å². The van der Waals surface area contributed by atoms with Crippen molar-refractivity contribution in [3.8, 4) is 0 Å². The molecule has 0 radical (unpaired) electrons. The number of hydrogen-bond donors (Lipinski definition) is 1. The van der Waals surface area contributed by atoms with Gasteiger partial charge in [-0.2, -0.15) is 0 Å². The molecule has 152 valence electrons. The summed E-state index contributed by atoms with van der Waals surface area (Å²) in [5.41, 5.74) is 3.29. The second-order valence-corrected chi connectivity index (χ2v) is 7.72. The van der Waals surface area contributed by atoms with Gasteiger partial charge in [0.25, 0.3) is 11.6 Å². The largest absolute Gasteiger partial charge is 0.356 e. The Morgan fingerprint density at radius 2 is 1.97 bits per heavy atom. The number of carbonyl (C=O) groups excluding carboxylic acids is 2. The molecule has 1 fully saturated rings. The maximum atomic E-state index is 13.3. The molecule has 3 heterocycles. The maximum absolute atomic E-state index is 13.3. The summed E-state index contributed by atoms with van der Waals surface area (Å²) in [6.45, 7) is 2.28. The van der Waals surface area contributed by atoms with E-state index < -0.39 is 17.0 Å². The Morgan fingerprint density at radius 1 is 1.17 bits per heavy atom. The third kappa shape index (κ3) is 2.53. The van der Waals surface area contributed by atoms with Crippen molar-refractivity contribution in [3.05, 3.63) is 75.5 Å². The molecule has 2 aliphatic rings. The highest BCUT2D eigenvalue weighted by Crippen LogP contribution is 2.44. The minimum absolute atomic E-state index is 0.0457. The lowest BCUT2D eigenvalue weighted by atomic mass is 9.88. The van der Waals surface area contributed by atoms with Crippen LogP contribution in [0.4, 0.5) is 10.5 Å². The first-order valence-corrected chi connectivity index (χ1v) is 9.98. The van der Waals surface area contributed by atoms with Gasteiger partial charge in [-0.1, -0.05) is 37.3 Å². The molecule has 8 nitrogen and oxygen atoms in total. The summed E-state index contributed by atoms with van der Waals surface area (Å²) in [5, 5.41) is 12.4. The zero-order valence-corrected chi connectivity index (χ0v) is 16.4. The van der Waals surface area contributed by atoms with Crippen molar-refractivity contribution >= 4 is 28.5 Å². The van der Waals surface area contributed by atoms with Crippen molar-refractivity contribution in [2.45, 2.75) is 31.8 Å². The van der Waals surface area contributed by atoms with Crippen LogP contribution in [0.5, 0.6) is 0 Å². The molecule has 0 spiro atoms. The molecule has 1 saturated heterocycles. The lowest BCUT2D eigenvalue weighted by Gasteiger charge is -2.35. The van der Waals surface area contributed by atoms with Gasteiger partial charge in [-0.15, -0.1) is 0 Å². The second-order valence-electron chi connectivity index (χ2n) is 7.72. The van der Waals surface area contributed by atoms with Crippen molar-refractivity contribution in [1.29, 1.82) is 0 Å². The van der Waals surface area contributed by atoms with E-state index in [4.69, 9.17) is 0 Å². The van der Waals surface area contributed by atoms with E-state index in [-0.39, 0.29) is 17.6 Å². The van der Waals surface area contributed by atoms with Crippen LogP contribution in [-0.4, -0.2) is 44.2 Å². The first-order chi connectivity index (χ1) is 14.5. The molecular formula is C22H20N4O4. The van der Waals surface area contributed by atoms with Crippen LogP contribution < -0.4 is 0 Å². The van der Waals surface area contributed by atoms with Crippen molar-refractivity contribution < 1.29 is 14.5 Å². The summed E-state index contributed by atoms with van der Waals surface area (Å²) in [4.78, 5) is 43.6. The average Bonchev–Trinajstić information content (AvgIpc) is 3.23. The minimum atomic E-state index is -0.611. The van der Waals surface area contributed by atoms with Gasteiger partial charge in [0.15, 0.2) is 0 Å². The number of fused-ring (bicyclic) bond motifs is 4. The van der Waals surface area contributed by atoms with Crippen molar-refractivity contribution in [3.63, 3.8) is 0 Å². The number of rotatable bonds is 4. The first-order valence-electron chi connectivity index (χ1n) is 9.98. The third-order valence-corrected chi connectivity index (χ3v) is 5.98. The van der Waals surface area contributed by atoms with Crippen LogP contribution in [0.1, 0.15) is 36.2 Å². The summed E-state index contributed by atoms with van der Waals surface area (Å²) in [7, 11) is 0. The van der Waals surface area contributed by atoms with E-state index in [0.29, 0.717) is 24.9 Å². The van der Waals surface area contributed by atoms with Crippen LogP contribution >= 0.6 is 0 Å². The molecule has 2 atom stereocenters. The molecule has 0 bridgehead atoms. The molecule has 3 aromatic rings. The van der Waals surface area contributed by atoms with E-state index >= 15 is 0 Å². The molecule has 8 heteroatoms. The van der Waals surface area contributed by atoms with Crippen molar-refractivity contribution in [1.82, 2.24) is 14.8 Å². The molecule has 0 saturated carbocycles. The fourth-order valence-electron chi connectivity index (χ4n) is 4.71. The highest BCUT2D eigenvalue weighted by Gasteiger charge is 2.52. The van der Waals surface area contributed by atoms with Gasteiger partial charge in [0, 0.05) is 41.7 Å². The number of aromatic amines is 1. The summed E-state index contributed by atoms with van der Waals surface area (Å²) >= 11 is 0. The molecule has 1 N–H and O–H groups in total. The number of benzene rings is 2. The topological polar surface area (TPSA) is 99.5 Å². The number of carbonyl (C=O) groups is 2. The number of imide groups is 1. The first kappa shape index (κ1) is 18.4. The highest BCUT2D eigenvalue weighted by molar-refractivity contribution is 6.05. The monoisotopic (exact) mass is 404 g/mol. The SMILES string of the molecule is CCCN1C(=O)[C@@H]2Cc3c([nH]c4ccccc34)[C@@H](c3cccc([N+](=O)[O-])c3)N2C1=O. The number of nitrogens with one attached hydrogen (secondary N) is 1. The fourth-order valence-corrected chi connectivity index (χ4v) is 4.71. The van der Waals surface area contributed by atoms with Crippen LogP contribution in [0.2, 0.25) is 0 Å². The predicted octanol–water partition coefficient (Wildman–Crippen LogP) is 3.76. The van der Waals surface area contributed by atoms with E-state index in [2.05, 4.69) is 4.98 Å². The number of H-pyrrole nitrogens is 1. The molecular weight excluding hydrogens is 384 g/mol. The summed E-state index contributed by atoms with van der Waals surface area (Å²) in [6, 6.07) is 12.6. The highest BCUT2D eigenvalue weighted by atomic mass is 16.6. The zero-order chi connectivity index (χ0) is 21.0. The Balaban J connectivity index is 1.73. The molecule has 30 heavy (non-hydrogen) atoms. The number of amides is 3. The minimum Gasteiger partial charge on any atom is -0.356 e. The van der Waals surface area contributed by atoms with E-state index in [1.807, 2.05) is 31.2 Å². The molecule has 2 aliphatic heterocycles. The Kier molecular flexibility index (Phi) is 4.09. The average molecular weight is 404 g/mol. The number of nitrogens with zero attached hydrogens (tertiary/aromatic N) is 3. The number of urea groups is 1. The van der Waals surface area contributed by atoms with E-state index in [0.717, 1.165) is 22.2 Å². The predicted molar refractivity (Wildman–Crippen MR) is 110 cm³/mol. The molecule has 1 aromatic heterocycles. The quantitative estimate of drug-likeness (QED) is 0.406. The van der Waals surface area contributed by atoms with E-state index in [9.17, 15) is 19.7 Å². The van der Waals surface area contributed by atoms with Crippen molar-refractivity contribution in [2.24, 2.45) is 0 Å². The molecule has 2 aromatic carbocycles. The van der Waals surface area contributed by atoms with Gasteiger partial charge in [-0.05, 0) is 23.6 Å². The van der Waals surface area contributed by atoms with Crippen LogP contribution in [0, 0.1) is 10.1 Å². The lowest BCUT2D eigenvalue weighted by Crippen LogP contribution is -2.44. The number of hydrogen-bond acceptors (Lipinski definition) is 4. The number of para-hydroxylation sites is 1. The summed E-state index contributed by atoms with van der Waals surface area (Å²) in [6.07, 6.45) is 1.10. The fraction of sp³-hybridized carbons (Fsp3) is 0.273. The van der Waals surface area contributed by atoms with Gasteiger partial charge in [0.2, 0.25) is 0 Å². The van der Waals surface area contributed by atoms with Gasteiger partial charge >= 0.3 is 6.03 Å².